The van der Waals surface area contributed by atoms with E-state index < -0.39 is 23.0 Å². The van der Waals surface area contributed by atoms with Gasteiger partial charge in [0.15, 0.2) is 5.01 Å². The number of nitrogens with one attached hydrogen (secondary N) is 1. The standard InChI is InChI=1S/C8H9F3N2O3S/c1-4-3-17-5(12-4)7(15,8(9,10)11)13-6(14)16-2/h3,15H,1-2H3,(H,13,14). The number of methoxy groups -OCH3 is 1. The maximum atomic E-state index is 12.7. The zero-order chi connectivity index (χ0) is 13.3. The number of rotatable bonds is 2. The van der Waals surface area contributed by atoms with Gasteiger partial charge in [-0.15, -0.1) is 11.3 Å². The summed E-state index contributed by atoms with van der Waals surface area (Å²) in [6.07, 6.45) is -6.51. The molecular weight excluding hydrogens is 261 g/mol. The predicted octanol–water partition coefficient (Wildman–Crippen LogP) is 1.51. The van der Waals surface area contributed by atoms with Crippen LogP contribution < -0.4 is 5.32 Å². The minimum absolute atomic E-state index is 0.305. The first-order valence-corrected chi connectivity index (χ1v) is 5.16. The molecule has 1 atom stereocenters. The topological polar surface area (TPSA) is 71.5 Å². The highest BCUT2D eigenvalue weighted by Gasteiger charge is 2.59. The molecule has 0 radical (unpaired) electrons. The van der Waals surface area contributed by atoms with Crippen molar-refractivity contribution in [2.24, 2.45) is 0 Å². The van der Waals surface area contributed by atoms with Crippen molar-refractivity contribution in [1.82, 2.24) is 10.3 Å². The van der Waals surface area contributed by atoms with Crippen molar-refractivity contribution >= 4 is 17.4 Å². The molecule has 0 aromatic carbocycles. The van der Waals surface area contributed by atoms with E-state index in [-0.39, 0.29) is 0 Å². The highest BCUT2D eigenvalue weighted by molar-refractivity contribution is 7.09. The number of aliphatic hydroxyl groups is 1. The van der Waals surface area contributed by atoms with Gasteiger partial charge in [0.2, 0.25) is 0 Å². The third-order valence-electron chi connectivity index (χ3n) is 1.81. The Morgan fingerprint density at radius 2 is 2.18 bits per heavy atom. The molecule has 1 aromatic rings. The number of thiazole rings is 1. The lowest BCUT2D eigenvalue weighted by atomic mass is 10.2. The van der Waals surface area contributed by atoms with Crippen molar-refractivity contribution in [2.75, 3.05) is 7.11 Å². The maximum Gasteiger partial charge on any atom is 0.443 e. The van der Waals surface area contributed by atoms with E-state index in [2.05, 4.69) is 9.72 Å². The first kappa shape index (κ1) is 13.7. The van der Waals surface area contributed by atoms with Crippen LogP contribution in [0.5, 0.6) is 0 Å². The first-order chi connectivity index (χ1) is 7.70. The third-order valence-corrected chi connectivity index (χ3v) is 2.88. The average Bonchev–Trinajstić information content (AvgIpc) is 2.63. The number of hydrogen-bond acceptors (Lipinski definition) is 5. The maximum absolute atomic E-state index is 12.7. The quantitative estimate of drug-likeness (QED) is 0.799. The largest absolute Gasteiger partial charge is 0.453 e. The fraction of sp³-hybridized carbons (Fsp3) is 0.500. The minimum atomic E-state index is -5.11. The Labute approximate surface area is 98.2 Å². The summed E-state index contributed by atoms with van der Waals surface area (Å²) >= 11 is 0.584. The Morgan fingerprint density at radius 1 is 1.59 bits per heavy atom. The van der Waals surface area contributed by atoms with Crippen molar-refractivity contribution < 1.29 is 27.8 Å². The van der Waals surface area contributed by atoms with E-state index in [9.17, 15) is 23.1 Å². The second kappa shape index (κ2) is 4.49. The molecular formula is C8H9F3N2O3S. The molecule has 0 aliphatic heterocycles. The fourth-order valence-electron chi connectivity index (χ4n) is 0.964. The lowest BCUT2D eigenvalue weighted by Gasteiger charge is -2.28. The SMILES string of the molecule is COC(=O)NC(O)(c1nc(C)cs1)C(F)(F)F. The third kappa shape index (κ3) is 2.67. The molecule has 1 heterocycles. The lowest BCUT2D eigenvalue weighted by molar-refractivity contribution is -0.276. The van der Waals surface area contributed by atoms with Crippen LogP contribution in [0.2, 0.25) is 0 Å². The Balaban J connectivity index is 3.15. The highest BCUT2D eigenvalue weighted by atomic mass is 32.1. The second-order valence-corrected chi connectivity index (χ2v) is 3.98. The molecule has 0 bridgehead atoms. The van der Waals surface area contributed by atoms with Crippen molar-refractivity contribution in [3.8, 4) is 0 Å². The van der Waals surface area contributed by atoms with Gasteiger partial charge < -0.3 is 9.84 Å². The molecule has 0 aliphatic carbocycles. The average molecular weight is 270 g/mol. The van der Waals surface area contributed by atoms with Gasteiger partial charge in [0, 0.05) is 11.1 Å². The van der Waals surface area contributed by atoms with Crippen LogP contribution in [0.25, 0.3) is 0 Å². The zero-order valence-corrected chi connectivity index (χ0v) is 9.65. The van der Waals surface area contributed by atoms with E-state index in [0.717, 1.165) is 7.11 Å². The Hall–Kier alpha value is -1.35. The van der Waals surface area contributed by atoms with Crippen LogP contribution in [0.15, 0.2) is 5.38 Å². The van der Waals surface area contributed by atoms with Gasteiger partial charge in [0.05, 0.1) is 7.11 Å². The van der Waals surface area contributed by atoms with Gasteiger partial charge in [0.25, 0.3) is 5.72 Å². The summed E-state index contributed by atoms with van der Waals surface area (Å²) in [5, 5.41) is 11.5. The summed E-state index contributed by atoms with van der Waals surface area (Å²) < 4.78 is 42.3. The second-order valence-electron chi connectivity index (χ2n) is 3.12. The number of aryl methyl sites for hydroxylation is 1. The van der Waals surface area contributed by atoms with Crippen LogP contribution in [0.4, 0.5) is 18.0 Å². The van der Waals surface area contributed by atoms with Gasteiger partial charge in [0.1, 0.15) is 0 Å². The number of aromatic nitrogens is 1. The van der Waals surface area contributed by atoms with Crippen molar-refractivity contribution in [3.05, 3.63) is 16.1 Å². The van der Waals surface area contributed by atoms with Crippen molar-refractivity contribution in [2.45, 2.75) is 18.8 Å². The Morgan fingerprint density at radius 3 is 2.53 bits per heavy atom. The van der Waals surface area contributed by atoms with Gasteiger partial charge in [-0.2, -0.15) is 13.2 Å². The smallest absolute Gasteiger partial charge is 0.443 e. The van der Waals surface area contributed by atoms with Gasteiger partial charge in [-0.1, -0.05) is 0 Å². The summed E-state index contributed by atoms with van der Waals surface area (Å²) in [4.78, 5) is 14.4. The molecule has 1 amide bonds. The molecule has 1 aromatic heterocycles. The molecule has 1 rings (SSSR count). The zero-order valence-electron chi connectivity index (χ0n) is 8.83. The summed E-state index contributed by atoms with van der Waals surface area (Å²) in [6, 6.07) is 0. The molecule has 2 N–H and O–H groups in total. The highest BCUT2D eigenvalue weighted by Crippen LogP contribution is 2.38. The molecule has 17 heavy (non-hydrogen) atoms. The molecule has 0 aliphatic rings. The van der Waals surface area contributed by atoms with E-state index in [1.54, 1.807) is 0 Å². The van der Waals surface area contributed by atoms with Crippen molar-refractivity contribution in [3.63, 3.8) is 0 Å². The molecule has 96 valence electrons. The fourth-order valence-corrected chi connectivity index (χ4v) is 1.83. The van der Waals surface area contributed by atoms with Crippen LogP contribution >= 0.6 is 11.3 Å². The first-order valence-electron chi connectivity index (χ1n) is 4.28. The molecule has 0 fully saturated rings. The summed E-state index contributed by atoms with van der Waals surface area (Å²) in [7, 11) is 0.888. The van der Waals surface area contributed by atoms with E-state index >= 15 is 0 Å². The van der Waals surface area contributed by atoms with Gasteiger partial charge >= 0.3 is 12.3 Å². The number of nitrogens with zero attached hydrogens (tertiary/aromatic N) is 1. The van der Waals surface area contributed by atoms with Crippen molar-refractivity contribution in [1.29, 1.82) is 0 Å². The minimum Gasteiger partial charge on any atom is -0.453 e. The number of carbonyl (C=O) groups excluding carboxylic acids is 1. The molecule has 0 spiro atoms. The van der Waals surface area contributed by atoms with Crippen LogP contribution in [-0.2, 0) is 10.5 Å². The summed E-state index contributed by atoms with van der Waals surface area (Å²) in [6.45, 7) is 1.47. The number of halogens is 3. The molecule has 0 saturated carbocycles. The molecule has 1 unspecified atom stereocenters. The number of alkyl halides is 3. The molecule has 5 nitrogen and oxygen atoms in total. The summed E-state index contributed by atoms with van der Waals surface area (Å²) in [5.41, 5.74) is -3.24. The van der Waals surface area contributed by atoms with Crippen LogP contribution in [-0.4, -0.2) is 29.5 Å². The van der Waals surface area contributed by atoms with E-state index in [1.165, 1.54) is 17.6 Å². The molecule has 9 heteroatoms. The number of hydrogen-bond donors (Lipinski definition) is 2. The number of carbonyl (C=O) groups is 1. The lowest BCUT2D eigenvalue weighted by Crippen LogP contribution is -2.56. The Bertz CT molecular complexity index is 420. The van der Waals surface area contributed by atoms with Gasteiger partial charge in [-0.25, -0.2) is 9.78 Å². The number of ether oxygens (including phenoxy) is 1. The number of amides is 1. The van der Waals surface area contributed by atoms with Gasteiger partial charge in [-0.3, -0.25) is 5.32 Å². The normalized spacial score (nSPS) is 15.2. The van der Waals surface area contributed by atoms with Crippen LogP contribution in [0.1, 0.15) is 10.7 Å². The van der Waals surface area contributed by atoms with E-state index in [1.807, 2.05) is 0 Å². The predicted molar refractivity (Wildman–Crippen MR) is 52.3 cm³/mol. The number of alkyl carbamates (subject to hydrolysis) is 1. The Kier molecular flexibility index (Phi) is 3.62. The summed E-state index contributed by atoms with van der Waals surface area (Å²) in [5.74, 6) is 0. The van der Waals surface area contributed by atoms with Crippen LogP contribution in [0, 0.1) is 6.92 Å². The monoisotopic (exact) mass is 270 g/mol. The van der Waals surface area contributed by atoms with E-state index in [4.69, 9.17) is 0 Å². The molecule has 0 saturated heterocycles. The van der Waals surface area contributed by atoms with Gasteiger partial charge in [-0.05, 0) is 6.92 Å². The van der Waals surface area contributed by atoms with Crippen LogP contribution in [0.3, 0.4) is 0 Å². The van der Waals surface area contributed by atoms with E-state index in [0.29, 0.717) is 17.0 Å².